The van der Waals surface area contributed by atoms with E-state index in [1.54, 1.807) is 11.3 Å². The molecule has 1 aromatic carbocycles. The summed E-state index contributed by atoms with van der Waals surface area (Å²) in [6.07, 6.45) is 2.22. The average molecular weight is 244 g/mol. The molecular formula is C14H16N2S. The zero-order valence-corrected chi connectivity index (χ0v) is 10.8. The molecule has 1 N–H and O–H groups in total. The molecule has 17 heavy (non-hydrogen) atoms. The van der Waals surface area contributed by atoms with E-state index >= 15 is 0 Å². The van der Waals surface area contributed by atoms with Crippen molar-refractivity contribution in [2.45, 2.75) is 25.7 Å². The van der Waals surface area contributed by atoms with Gasteiger partial charge in [0.15, 0.2) is 5.13 Å². The predicted molar refractivity (Wildman–Crippen MR) is 72.9 cm³/mol. The summed E-state index contributed by atoms with van der Waals surface area (Å²) in [6, 6.07) is 8.72. The molecule has 1 heterocycles. The Kier molecular flexibility index (Phi) is 2.85. The summed E-state index contributed by atoms with van der Waals surface area (Å²) < 4.78 is 0. The zero-order valence-electron chi connectivity index (χ0n) is 9.94. The van der Waals surface area contributed by atoms with Crippen LogP contribution in [0.15, 0.2) is 29.6 Å². The minimum Gasteiger partial charge on any atom is -0.361 e. The van der Waals surface area contributed by atoms with Crippen LogP contribution in [-0.2, 0) is 12.8 Å². The van der Waals surface area contributed by atoms with E-state index in [2.05, 4.69) is 46.9 Å². The van der Waals surface area contributed by atoms with Crippen molar-refractivity contribution >= 4 is 16.5 Å². The first-order valence-electron chi connectivity index (χ1n) is 6.13. The molecule has 3 rings (SSSR count). The number of aromatic nitrogens is 1. The van der Waals surface area contributed by atoms with E-state index in [1.165, 1.54) is 23.2 Å². The molecule has 0 amide bonds. The van der Waals surface area contributed by atoms with E-state index in [9.17, 15) is 0 Å². The van der Waals surface area contributed by atoms with Gasteiger partial charge in [-0.05, 0) is 24.0 Å². The molecule has 2 nitrogen and oxygen atoms in total. The van der Waals surface area contributed by atoms with Crippen LogP contribution in [0.25, 0.3) is 0 Å². The molecular weight excluding hydrogens is 228 g/mol. The fourth-order valence-corrected chi connectivity index (χ4v) is 3.11. The van der Waals surface area contributed by atoms with Gasteiger partial charge in [-0.2, -0.15) is 0 Å². The van der Waals surface area contributed by atoms with Crippen molar-refractivity contribution in [1.29, 1.82) is 0 Å². The summed E-state index contributed by atoms with van der Waals surface area (Å²) in [7, 11) is 0. The molecule has 1 atom stereocenters. The van der Waals surface area contributed by atoms with Crippen molar-refractivity contribution in [3.63, 3.8) is 0 Å². The number of hydrogen-bond donors (Lipinski definition) is 1. The van der Waals surface area contributed by atoms with Crippen LogP contribution in [0, 0.1) is 0 Å². The number of anilines is 1. The molecule has 1 unspecified atom stereocenters. The molecule has 2 aromatic rings. The van der Waals surface area contributed by atoms with E-state index in [0.717, 1.165) is 18.1 Å². The number of nitrogens with zero attached hydrogens (tertiary/aromatic N) is 1. The molecule has 1 aliphatic carbocycles. The van der Waals surface area contributed by atoms with Gasteiger partial charge >= 0.3 is 0 Å². The SMILES string of the molecule is CCc1csc(NCC2Cc3ccccc32)n1. The molecule has 0 aliphatic heterocycles. The molecule has 3 heteroatoms. The molecule has 88 valence electrons. The minimum atomic E-state index is 0.667. The third-order valence-corrected chi connectivity index (χ3v) is 4.22. The number of thiazole rings is 1. The number of nitrogens with one attached hydrogen (secondary N) is 1. The topological polar surface area (TPSA) is 24.9 Å². The highest BCUT2D eigenvalue weighted by molar-refractivity contribution is 7.13. The second-order valence-electron chi connectivity index (χ2n) is 4.48. The number of fused-ring (bicyclic) bond motifs is 1. The van der Waals surface area contributed by atoms with Gasteiger partial charge in [0.05, 0.1) is 5.69 Å². The summed E-state index contributed by atoms with van der Waals surface area (Å²) in [5.41, 5.74) is 4.20. The second kappa shape index (κ2) is 4.49. The van der Waals surface area contributed by atoms with Crippen LogP contribution in [0.3, 0.4) is 0 Å². The minimum absolute atomic E-state index is 0.667. The Morgan fingerprint density at radius 3 is 3.06 bits per heavy atom. The number of benzene rings is 1. The first-order chi connectivity index (χ1) is 8.36. The zero-order chi connectivity index (χ0) is 11.7. The molecule has 0 fully saturated rings. The molecule has 1 aliphatic rings. The predicted octanol–water partition coefficient (Wildman–Crippen LogP) is 3.46. The van der Waals surface area contributed by atoms with Crippen molar-refractivity contribution in [1.82, 2.24) is 4.98 Å². The Bertz CT molecular complexity index is 518. The fraction of sp³-hybridized carbons (Fsp3) is 0.357. The van der Waals surface area contributed by atoms with E-state index in [1.807, 2.05) is 0 Å². The number of hydrogen-bond acceptors (Lipinski definition) is 3. The maximum absolute atomic E-state index is 4.52. The average Bonchev–Trinajstić information content (AvgIpc) is 2.78. The van der Waals surface area contributed by atoms with Crippen molar-refractivity contribution in [2.24, 2.45) is 0 Å². The Labute approximate surface area is 106 Å². The lowest BCUT2D eigenvalue weighted by atomic mass is 9.78. The first-order valence-corrected chi connectivity index (χ1v) is 7.01. The van der Waals surface area contributed by atoms with Crippen molar-refractivity contribution in [3.8, 4) is 0 Å². The number of aryl methyl sites for hydroxylation is 1. The van der Waals surface area contributed by atoms with Gasteiger partial charge in [-0.25, -0.2) is 4.98 Å². The molecule has 0 saturated carbocycles. The normalized spacial score (nSPS) is 17.4. The highest BCUT2D eigenvalue weighted by Gasteiger charge is 2.24. The van der Waals surface area contributed by atoms with Gasteiger partial charge in [-0.3, -0.25) is 0 Å². The van der Waals surface area contributed by atoms with Crippen molar-refractivity contribution in [2.75, 3.05) is 11.9 Å². The number of rotatable bonds is 4. The van der Waals surface area contributed by atoms with Crippen LogP contribution in [0.4, 0.5) is 5.13 Å². The third-order valence-electron chi connectivity index (χ3n) is 3.37. The highest BCUT2D eigenvalue weighted by Crippen LogP contribution is 2.34. The quantitative estimate of drug-likeness (QED) is 0.891. The Balaban J connectivity index is 1.60. The summed E-state index contributed by atoms with van der Waals surface area (Å²) >= 11 is 1.71. The van der Waals surface area contributed by atoms with Crippen LogP contribution >= 0.6 is 11.3 Å². The van der Waals surface area contributed by atoms with Crippen LogP contribution < -0.4 is 5.32 Å². The van der Waals surface area contributed by atoms with E-state index in [4.69, 9.17) is 0 Å². The third kappa shape index (κ3) is 2.07. The lowest BCUT2D eigenvalue weighted by Gasteiger charge is -2.30. The summed E-state index contributed by atoms with van der Waals surface area (Å²) in [6.45, 7) is 3.15. The standard InChI is InChI=1S/C14H16N2S/c1-2-12-9-17-14(16-12)15-8-11-7-10-5-3-4-6-13(10)11/h3-6,9,11H,2,7-8H2,1H3,(H,15,16). The van der Waals surface area contributed by atoms with Gasteiger partial charge in [0.2, 0.25) is 0 Å². The summed E-state index contributed by atoms with van der Waals surface area (Å²) in [5, 5.41) is 6.65. The summed E-state index contributed by atoms with van der Waals surface area (Å²) in [5.74, 6) is 0.667. The van der Waals surface area contributed by atoms with Crippen LogP contribution in [0.1, 0.15) is 29.7 Å². The van der Waals surface area contributed by atoms with Crippen LogP contribution in [0.5, 0.6) is 0 Å². The smallest absolute Gasteiger partial charge is 0.182 e. The molecule has 0 saturated heterocycles. The van der Waals surface area contributed by atoms with Gasteiger partial charge in [-0.1, -0.05) is 31.2 Å². The highest BCUT2D eigenvalue weighted by atomic mass is 32.1. The second-order valence-corrected chi connectivity index (χ2v) is 5.34. The largest absolute Gasteiger partial charge is 0.361 e. The van der Waals surface area contributed by atoms with E-state index in [-0.39, 0.29) is 0 Å². The van der Waals surface area contributed by atoms with Crippen LogP contribution in [0.2, 0.25) is 0 Å². The van der Waals surface area contributed by atoms with Gasteiger partial charge in [-0.15, -0.1) is 11.3 Å². The Morgan fingerprint density at radius 1 is 1.41 bits per heavy atom. The first kappa shape index (κ1) is 10.8. The van der Waals surface area contributed by atoms with Crippen molar-refractivity contribution < 1.29 is 0 Å². The molecule has 1 aromatic heterocycles. The van der Waals surface area contributed by atoms with E-state index < -0.39 is 0 Å². The monoisotopic (exact) mass is 244 g/mol. The Hall–Kier alpha value is -1.35. The molecule has 0 radical (unpaired) electrons. The summed E-state index contributed by atoms with van der Waals surface area (Å²) in [4.78, 5) is 4.52. The van der Waals surface area contributed by atoms with Crippen molar-refractivity contribution in [3.05, 3.63) is 46.5 Å². The van der Waals surface area contributed by atoms with Gasteiger partial charge in [0, 0.05) is 17.8 Å². The van der Waals surface area contributed by atoms with E-state index in [0.29, 0.717) is 5.92 Å². The lowest BCUT2D eigenvalue weighted by molar-refractivity contribution is 0.635. The van der Waals surface area contributed by atoms with Gasteiger partial charge < -0.3 is 5.32 Å². The van der Waals surface area contributed by atoms with Gasteiger partial charge in [0.1, 0.15) is 0 Å². The lowest BCUT2D eigenvalue weighted by Crippen LogP contribution is -2.24. The maximum Gasteiger partial charge on any atom is 0.182 e. The fourth-order valence-electron chi connectivity index (χ4n) is 2.31. The maximum atomic E-state index is 4.52. The van der Waals surface area contributed by atoms with Crippen LogP contribution in [-0.4, -0.2) is 11.5 Å². The molecule has 0 bridgehead atoms. The Morgan fingerprint density at radius 2 is 2.29 bits per heavy atom. The van der Waals surface area contributed by atoms with Gasteiger partial charge in [0.25, 0.3) is 0 Å². The molecule has 0 spiro atoms.